The molecule has 0 aromatic rings. The maximum absolute atomic E-state index is 12.2. The Morgan fingerprint density at radius 2 is 1.96 bits per heavy atom. The number of aliphatic hydroxyl groups excluding tert-OH is 2. The topological polar surface area (TPSA) is 77.8 Å². The lowest BCUT2D eigenvalue weighted by Gasteiger charge is -2.60. The number of ketones is 1. The van der Waals surface area contributed by atoms with Crippen LogP contribution in [0, 0.1) is 28.6 Å². The van der Waals surface area contributed by atoms with Crippen molar-refractivity contribution in [1.29, 1.82) is 0 Å². The molecule has 0 saturated heterocycles. The van der Waals surface area contributed by atoms with Crippen molar-refractivity contribution in [3.8, 4) is 0 Å². The lowest BCUT2D eigenvalue weighted by molar-refractivity contribution is -0.164. The molecule has 3 N–H and O–H groups in total. The van der Waals surface area contributed by atoms with Crippen LogP contribution in [-0.4, -0.2) is 32.8 Å². The Morgan fingerprint density at radius 3 is 2.64 bits per heavy atom. The van der Waals surface area contributed by atoms with Gasteiger partial charge in [0.1, 0.15) is 0 Å². The van der Waals surface area contributed by atoms with Gasteiger partial charge < -0.3 is 15.3 Å². The third-order valence-corrected chi connectivity index (χ3v) is 8.57. The predicted octanol–water partition coefficient (Wildman–Crippen LogP) is 3.29. The lowest BCUT2D eigenvalue weighted by Crippen LogP contribution is -2.59. The summed E-state index contributed by atoms with van der Waals surface area (Å²) in [7, 11) is 0. The highest BCUT2D eigenvalue weighted by molar-refractivity contribution is 6.05. The van der Waals surface area contributed by atoms with Crippen LogP contribution in [0.1, 0.15) is 59.3 Å². The second-order valence-electron chi connectivity index (χ2n) is 9.62. The van der Waals surface area contributed by atoms with Crippen LogP contribution >= 0.6 is 0 Å². The van der Waals surface area contributed by atoms with E-state index >= 15 is 0 Å². The number of fused-ring (bicyclic) bond motifs is 5. The zero-order valence-electron chi connectivity index (χ0n) is 15.5. The summed E-state index contributed by atoms with van der Waals surface area (Å²) in [5.74, 6) is 0.765. The molecule has 4 heteroatoms. The third-order valence-electron chi connectivity index (χ3n) is 8.57. The van der Waals surface area contributed by atoms with Gasteiger partial charge in [0.05, 0.1) is 18.0 Å². The van der Waals surface area contributed by atoms with Crippen molar-refractivity contribution in [1.82, 2.24) is 0 Å². The number of allylic oxidation sites excluding steroid dienone is 2. The molecule has 3 fully saturated rings. The van der Waals surface area contributed by atoms with Crippen LogP contribution in [0.3, 0.4) is 0 Å². The van der Waals surface area contributed by atoms with Gasteiger partial charge in [0.2, 0.25) is 0 Å². The average molecular weight is 346 g/mol. The molecular formula is C21H30O4. The number of rotatable bonds is 0. The Labute approximate surface area is 149 Å². The van der Waals surface area contributed by atoms with Crippen LogP contribution in [0.25, 0.3) is 0 Å². The molecule has 0 amide bonds. The van der Waals surface area contributed by atoms with Crippen LogP contribution < -0.4 is 0 Å². The van der Waals surface area contributed by atoms with E-state index in [0.717, 1.165) is 37.5 Å². The first-order chi connectivity index (χ1) is 11.6. The van der Waals surface area contributed by atoms with Gasteiger partial charge in [-0.15, -0.1) is 0 Å². The fourth-order valence-electron chi connectivity index (χ4n) is 7.01. The van der Waals surface area contributed by atoms with Crippen LogP contribution in [0.2, 0.25) is 0 Å². The molecule has 4 rings (SSSR count). The highest BCUT2D eigenvalue weighted by atomic mass is 16.3. The average Bonchev–Trinajstić information content (AvgIpc) is 2.76. The van der Waals surface area contributed by atoms with Crippen molar-refractivity contribution in [3.63, 3.8) is 0 Å². The fraction of sp³-hybridized carbons (Fsp3) is 0.762. The first-order valence-corrected chi connectivity index (χ1v) is 9.63. The Balaban J connectivity index is 1.77. The van der Waals surface area contributed by atoms with Gasteiger partial charge in [0, 0.05) is 11.0 Å². The number of hydrogen-bond acceptors (Lipinski definition) is 4. The van der Waals surface area contributed by atoms with Gasteiger partial charge in [-0.3, -0.25) is 4.79 Å². The molecule has 0 spiro atoms. The molecule has 138 valence electrons. The second-order valence-corrected chi connectivity index (χ2v) is 9.62. The smallest absolute Gasteiger partial charge is 0.184 e. The fourth-order valence-corrected chi connectivity index (χ4v) is 7.01. The van der Waals surface area contributed by atoms with Crippen molar-refractivity contribution in [2.45, 2.75) is 71.0 Å². The SMILES string of the molecule is C[C@]12C/C(=C\O)C(=O)C=C1CC[C@@H]1[C@@H]2[C@H](O)C[C@@]2(C)[C@H]1CC[C@]2(C)O. The first kappa shape index (κ1) is 17.3. The summed E-state index contributed by atoms with van der Waals surface area (Å²) in [6.07, 6.45) is 6.94. The van der Waals surface area contributed by atoms with Crippen LogP contribution in [0.5, 0.6) is 0 Å². The normalized spacial score (nSPS) is 53.9. The van der Waals surface area contributed by atoms with E-state index in [1.807, 2.05) is 6.92 Å². The van der Waals surface area contributed by atoms with E-state index < -0.39 is 11.7 Å². The minimum atomic E-state index is -0.723. The largest absolute Gasteiger partial charge is 0.515 e. The number of carbonyl (C=O) groups excluding carboxylic acids is 1. The maximum atomic E-state index is 12.2. The predicted molar refractivity (Wildman–Crippen MR) is 94.8 cm³/mol. The van der Waals surface area contributed by atoms with E-state index in [1.54, 1.807) is 6.08 Å². The first-order valence-electron chi connectivity index (χ1n) is 9.63. The van der Waals surface area contributed by atoms with Crippen molar-refractivity contribution in [2.24, 2.45) is 28.6 Å². The van der Waals surface area contributed by atoms with Crippen molar-refractivity contribution in [2.75, 3.05) is 0 Å². The second kappa shape index (κ2) is 5.20. The summed E-state index contributed by atoms with van der Waals surface area (Å²) < 4.78 is 0. The molecule has 0 aliphatic heterocycles. The molecule has 7 atom stereocenters. The van der Waals surface area contributed by atoms with Crippen molar-refractivity contribution in [3.05, 3.63) is 23.5 Å². The number of carbonyl (C=O) groups is 1. The maximum Gasteiger partial charge on any atom is 0.184 e. The van der Waals surface area contributed by atoms with E-state index in [0.29, 0.717) is 30.3 Å². The summed E-state index contributed by atoms with van der Waals surface area (Å²) in [6.45, 7) is 6.24. The number of aliphatic hydroxyl groups is 3. The summed E-state index contributed by atoms with van der Waals surface area (Å²) in [6, 6.07) is 0. The summed E-state index contributed by atoms with van der Waals surface area (Å²) in [4.78, 5) is 12.2. The molecule has 0 radical (unpaired) electrons. The van der Waals surface area contributed by atoms with E-state index in [4.69, 9.17) is 0 Å². The van der Waals surface area contributed by atoms with E-state index in [2.05, 4.69) is 13.8 Å². The minimum Gasteiger partial charge on any atom is -0.515 e. The molecule has 4 aliphatic rings. The molecule has 0 aromatic carbocycles. The van der Waals surface area contributed by atoms with Gasteiger partial charge in [0.15, 0.2) is 5.78 Å². The molecule has 0 unspecified atom stereocenters. The molecule has 0 aromatic heterocycles. The highest BCUT2D eigenvalue weighted by Crippen LogP contribution is 2.67. The lowest BCUT2D eigenvalue weighted by atomic mass is 9.45. The quantitative estimate of drug-likeness (QED) is 0.465. The van der Waals surface area contributed by atoms with Crippen molar-refractivity contribution >= 4 is 5.78 Å². The monoisotopic (exact) mass is 346 g/mol. The third kappa shape index (κ3) is 2.10. The van der Waals surface area contributed by atoms with Gasteiger partial charge in [0.25, 0.3) is 0 Å². The van der Waals surface area contributed by atoms with Crippen molar-refractivity contribution < 1.29 is 20.1 Å². The van der Waals surface area contributed by atoms with Gasteiger partial charge in [-0.1, -0.05) is 19.4 Å². The van der Waals surface area contributed by atoms with E-state index in [1.165, 1.54) is 0 Å². The highest BCUT2D eigenvalue weighted by Gasteiger charge is 2.65. The standard InChI is InChI=1S/C21H30O4/c1-19-9-12(11-22)16(23)8-13(19)4-5-14-15-6-7-21(3,25)20(15,2)10-17(24)18(14)19/h8,11,14-15,17-18,22,24-25H,4-7,9-10H2,1-3H3/b12-11+/t14-,15-,17+,18+,19-,20-,21-/m0/s1. The van der Waals surface area contributed by atoms with Crippen LogP contribution in [0.4, 0.5) is 0 Å². The van der Waals surface area contributed by atoms with Crippen LogP contribution in [0.15, 0.2) is 23.5 Å². The molecular weight excluding hydrogens is 316 g/mol. The molecule has 0 bridgehead atoms. The number of hydrogen-bond donors (Lipinski definition) is 3. The molecule has 25 heavy (non-hydrogen) atoms. The Bertz CT molecular complexity index is 675. The van der Waals surface area contributed by atoms with E-state index in [-0.39, 0.29) is 22.5 Å². The molecule has 4 aliphatic carbocycles. The zero-order valence-corrected chi connectivity index (χ0v) is 15.5. The Hall–Kier alpha value is -1.13. The summed E-state index contributed by atoms with van der Waals surface area (Å²) in [5, 5.41) is 31.6. The van der Waals surface area contributed by atoms with Gasteiger partial charge in [-0.05, 0) is 74.7 Å². The summed E-state index contributed by atoms with van der Waals surface area (Å²) >= 11 is 0. The van der Waals surface area contributed by atoms with Gasteiger partial charge >= 0.3 is 0 Å². The molecule has 0 heterocycles. The minimum absolute atomic E-state index is 0.0857. The van der Waals surface area contributed by atoms with E-state index in [9.17, 15) is 20.1 Å². The Kier molecular flexibility index (Phi) is 3.60. The summed E-state index contributed by atoms with van der Waals surface area (Å²) in [5.41, 5.74) is 0.341. The Morgan fingerprint density at radius 1 is 1.24 bits per heavy atom. The van der Waals surface area contributed by atoms with Crippen LogP contribution in [-0.2, 0) is 4.79 Å². The van der Waals surface area contributed by atoms with Gasteiger partial charge in [-0.25, -0.2) is 0 Å². The molecule has 4 nitrogen and oxygen atoms in total. The molecule has 3 saturated carbocycles. The van der Waals surface area contributed by atoms with Gasteiger partial charge in [-0.2, -0.15) is 0 Å². The zero-order chi connectivity index (χ0) is 18.2.